The van der Waals surface area contributed by atoms with Crippen molar-refractivity contribution in [1.82, 2.24) is 9.38 Å². The molecule has 2 aromatic carbocycles. The molecule has 1 aliphatic rings. The summed E-state index contributed by atoms with van der Waals surface area (Å²) in [5.41, 5.74) is 3.68. The van der Waals surface area contributed by atoms with Crippen LogP contribution in [-0.2, 0) is 11.2 Å². The van der Waals surface area contributed by atoms with Gasteiger partial charge in [0.1, 0.15) is 17.3 Å². The highest BCUT2D eigenvalue weighted by molar-refractivity contribution is 7.15. The minimum absolute atomic E-state index is 0.0824. The zero-order valence-electron chi connectivity index (χ0n) is 16.8. The number of hydrogen-bond acceptors (Lipinski definition) is 4. The third-order valence-corrected chi connectivity index (χ3v) is 6.21. The predicted molar refractivity (Wildman–Crippen MR) is 119 cm³/mol. The van der Waals surface area contributed by atoms with Gasteiger partial charge >= 0.3 is 0 Å². The van der Waals surface area contributed by atoms with Gasteiger partial charge in [-0.15, -0.1) is 11.3 Å². The van der Waals surface area contributed by atoms with Crippen LogP contribution in [0.2, 0.25) is 0 Å². The molecule has 0 bridgehead atoms. The molecular weight excluding hydrogens is 415 g/mol. The summed E-state index contributed by atoms with van der Waals surface area (Å²) in [6.45, 7) is 2.48. The van der Waals surface area contributed by atoms with Gasteiger partial charge in [-0.2, -0.15) is 0 Å². The molecule has 0 saturated carbocycles. The van der Waals surface area contributed by atoms with Crippen LogP contribution in [0, 0.1) is 5.82 Å². The first kappa shape index (κ1) is 19.4. The highest BCUT2D eigenvalue weighted by Crippen LogP contribution is 2.32. The fourth-order valence-corrected chi connectivity index (χ4v) is 4.60. The van der Waals surface area contributed by atoms with Crippen molar-refractivity contribution in [2.24, 2.45) is 0 Å². The van der Waals surface area contributed by atoms with E-state index in [1.807, 2.05) is 35.0 Å². The summed E-state index contributed by atoms with van der Waals surface area (Å²) in [6, 6.07) is 11.5. The van der Waals surface area contributed by atoms with Crippen LogP contribution in [0.15, 0.2) is 54.0 Å². The quantitative estimate of drug-likeness (QED) is 0.504. The third-order valence-electron chi connectivity index (χ3n) is 5.45. The third kappa shape index (κ3) is 3.38. The number of carbonyl (C=O) groups is 2. The van der Waals surface area contributed by atoms with Gasteiger partial charge < -0.3 is 10.2 Å². The molecule has 3 heterocycles. The van der Waals surface area contributed by atoms with E-state index in [1.54, 1.807) is 23.1 Å². The fraction of sp³-hybridized carbons (Fsp3) is 0.174. The molecule has 0 aliphatic carbocycles. The first-order valence-electron chi connectivity index (χ1n) is 10.0. The molecule has 8 heteroatoms. The van der Waals surface area contributed by atoms with Gasteiger partial charge in [0.05, 0.1) is 0 Å². The standard InChI is InChI=1S/C23H19FN4O2S/c1-2-19(29)27-10-9-15-13-16(5-8-18(15)27)22(30)26-21-20(14-3-6-17(24)7-4-14)25-23-28(21)11-12-31-23/h3-8,11-13H,2,9-10H2,1H3,(H,26,30). The van der Waals surface area contributed by atoms with E-state index < -0.39 is 0 Å². The van der Waals surface area contributed by atoms with Crippen molar-refractivity contribution in [2.45, 2.75) is 19.8 Å². The molecule has 1 aliphatic heterocycles. The summed E-state index contributed by atoms with van der Waals surface area (Å²) < 4.78 is 15.2. The Kier molecular flexibility index (Phi) is 4.78. The number of rotatable bonds is 4. The maximum Gasteiger partial charge on any atom is 0.256 e. The Hall–Kier alpha value is -3.52. The van der Waals surface area contributed by atoms with E-state index in [9.17, 15) is 14.0 Å². The Labute approximate surface area is 182 Å². The zero-order chi connectivity index (χ0) is 21.5. The van der Waals surface area contributed by atoms with Crippen molar-refractivity contribution < 1.29 is 14.0 Å². The topological polar surface area (TPSA) is 66.7 Å². The molecule has 1 N–H and O–H groups in total. The molecule has 31 heavy (non-hydrogen) atoms. The van der Waals surface area contributed by atoms with Crippen molar-refractivity contribution >= 4 is 39.6 Å². The first-order chi connectivity index (χ1) is 15.0. The maximum absolute atomic E-state index is 13.4. The molecule has 2 amide bonds. The number of thiazole rings is 1. The zero-order valence-corrected chi connectivity index (χ0v) is 17.6. The number of aromatic nitrogens is 2. The molecule has 4 aromatic rings. The summed E-state index contributed by atoms with van der Waals surface area (Å²) in [6.07, 6.45) is 3.02. The van der Waals surface area contributed by atoms with Crippen molar-refractivity contribution in [3.05, 3.63) is 71.0 Å². The van der Waals surface area contributed by atoms with Crippen LogP contribution < -0.4 is 10.2 Å². The first-order valence-corrected chi connectivity index (χ1v) is 10.9. The van der Waals surface area contributed by atoms with Gasteiger partial charge in [-0.3, -0.25) is 14.0 Å². The lowest BCUT2D eigenvalue weighted by Crippen LogP contribution is -2.27. The molecule has 2 aromatic heterocycles. The van der Waals surface area contributed by atoms with Crippen molar-refractivity contribution in [3.8, 4) is 11.3 Å². The number of nitrogens with one attached hydrogen (secondary N) is 1. The monoisotopic (exact) mass is 434 g/mol. The maximum atomic E-state index is 13.4. The molecular formula is C23H19FN4O2S. The van der Waals surface area contributed by atoms with Crippen LogP contribution in [-0.4, -0.2) is 27.7 Å². The average molecular weight is 434 g/mol. The normalized spacial score (nSPS) is 12.9. The number of fused-ring (bicyclic) bond motifs is 2. The van der Waals surface area contributed by atoms with E-state index >= 15 is 0 Å². The number of hydrogen-bond donors (Lipinski definition) is 1. The van der Waals surface area contributed by atoms with Gasteiger partial charge in [0.15, 0.2) is 4.96 Å². The Morgan fingerprint density at radius 3 is 2.77 bits per heavy atom. The van der Waals surface area contributed by atoms with E-state index in [4.69, 9.17) is 0 Å². The van der Waals surface area contributed by atoms with Gasteiger partial charge in [-0.05, 0) is 54.4 Å². The van der Waals surface area contributed by atoms with E-state index in [0.717, 1.165) is 28.2 Å². The lowest BCUT2D eigenvalue weighted by molar-refractivity contribution is -0.118. The van der Waals surface area contributed by atoms with Gasteiger partial charge in [-0.25, -0.2) is 9.37 Å². The number of amides is 2. The molecule has 0 radical (unpaired) electrons. The Bertz CT molecular complexity index is 1310. The SMILES string of the molecule is CCC(=O)N1CCc2cc(C(=O)Nc3c(-c4ccc(F)cc4)nc4sccn34)ccc21. The second kappa shape index (κ2) is 7.63. The van der Waals surface area contributed by atoms with Crippen molar-refractivity contribution in [1.29, 1.82) is 0 Å². The van der Waals surface area contributed by atoms with Crippen LogP contribution in [0.4, 0.5) is 15.9 Å². The van der Waals surface area contributed by atoms with E-state index in [0.29, 0.717) is 30.0 Å². The summed E-state index contributed by atoms with van der Waals surface area (Å²) in [7, 11) is 0. The molecule has 156 valence electrons. The summed E-state index contributed by atoms with van der Waals surface area (Å²) in [5, 5.41) is 4.87. The van der Waals surface area contributed by atoms with Crippen LogP contribution in [0.5, 0.6) is 0 Å². The average Bonchev–Trinajstić information content (AvgIpc) is 3.49. The minimum Gasteiger partial charge on any atom is -0.312 e. The van der Waals surface area contributed by atoms with E-state index in [2.05, 4.69) is 10.3 Å². The number of anilines is 2. The van der Waals surface area contributed by atoms with Crippen molar-refractivity contribution in [3.63, 3.8) is 0 Å². The summed E-state index contributed by atoms with van der Waals surface area (Å²) >= 11 is 1.45. The van der Waals surface area contributed by atoms with Crippen LogP contribution in [0.1, 0.15) is 29.3 Å². The van der Waals surface area contributed by atoms with Crippen LogP contribution in [0.25, 0.3) is 16.2 Å². The smallest absolute Gasteiger partial charge is 0.256 e. The van der Waals surface area contributed by atoms with Gasteiger partial charge in [0.2, 0.25) is 5.91 Å². The molecule has 5 rings (SSSR count). The number of nitrogens with zero attached hydrogens (tertiary/aromatic N) is 3. The Morgan fingerprint density at radius 2 is 2.00 bits per heavy atom. The van der Waals surface area contributed by atoms with E-state index in [1.165, 1.54) is 23.5 Å². The largest absolute Gasteiger partial charge is 0.312 e. The Morgan fingerprint density at radius 1 is 1.19 bits per heavy atom. The molecule has 0 fully saturated rings. The minimum atomic E-state index is -0.330. The van der Waals surface area contributed by atoms with Gasteiger partial charge in [0, 0.05) is 41.4 Å². The fourth-order valence-electron chi connectivity index (χ4n) is 3.89. The van der Waals surface area contributed by atoms with Crippen LogP contribution in [0.3, 0.4) is 0 Å². The second-order valence-corrected chi connectivity index (χ2v) is 8.19. The number of imidazole rings is 1. The highest BCUT2D eigenvalue weighted by atomic mass is 32.1. The summed E-state index contributed by atoms with van der Waals surface area (Å²) in [4.78, 5) is 32.3. The molecule has 6 nitrogen and oxygen atoms in total. The lowest BCUT2D eigenvalue weighted by Gasteiger charge is -2.16. The lowest BCUT2D eigenvalue weighted by atomic mass is 10.1. The molecule has 0 unspecified atom stereocenters. The van der Waals surface area contributed by atoms with Gasteiger partial charge in [0.25, 0.3) is 5.91 Å². The van der Waals surface area contributed by atoms with Crippen molar-refractivity contribution in [2.75, 3.05) is 16.8 Å². The van der Waals surface area contributed by atoms with E-state index in [-0.39, 0.29) is 17.6 Å². The predicted octanol–water partition coefficient (Wildman–Crippen LogP) is 4.75. The number of carbonyl (C=O) groups excluding carboxylic acids is 2. The van der Waals surface area contributed by atoms with Crippen LogP contribution >= 0.6 is 11.3 Å². The molecule has 0 saturated heterocycles. The van der Waals surface area contributed by atoms with Gasteiger partial charge in [-0.1, -0.05) is 6.92 Å². The Balaban J connectivity index is 1.47. The molecule has 0 atom stereocenters. The summed E-state index contributed by atoms with van der Waals surface area (Å²) in [5.74, 6) is 0.0265. The number of benzene rings is 2. The highest BCUT2D eigenvalue weighted by Gasteiger charge is 2.25. The molecule has 0 spiro atoms. The second-order valence-electron chi connectivity index (χ2n) is 7.32. The number of halogens is 1.